The minimum Gasteiger partial charge on any atom is -0.376 e. The Morgan fingerprint density at radius 2 is 2.26 bits per heavy atom. The number of carbonyl (C=O) groups is 1. The first kappa shape index (κ1) is 15.8. The standard InChI is InChI=1S/C18H17NO3S/c1-2-14-5-3-6-15(11-14)19(12-16-7-4-10-23-16)18(20)17-13-21-8-9-22-17/h1,3-7,10-11,17H,8-9,12-13H2/t17-/m1/s1. The third-order valence-electron chi connectivity index (χ3n) is 3.58. The maximum Gasteiger partial charge on any atom is 0.258 e. The second-order valence-electron chi connectivity index (χ2n) is 5.13. The molecule has 1 fully saturated rings. The molecule has 118 valence electrons. The molecule has 1 amide bonds. The first-order valence-electron chi connectivity index (χ1n) is 7.37. The molecule has 0 radical (unpaired) electrons. The summed E-state index contributed by atoms with van der Waals surface area (Å²) in [6.45, 7) is 1.74. The fourth-order valence-electron chi connectivity index (χ4n) is 2.42. The Morgan fingerprint density at radius 3 is 2.96 bits per heavy atom. The van der Waals surface area contributed by atoms with E-state index in [0.29, 0.717) is 19.8 Å². The molecular formula is C18H17NO3S. The Labute approximate surface area is 139 Å². The zero-order valence-electron chi connectivity index (χ0n) is 12.6. The Kier molecular flexibility index (Phi) is 5.09. The third kappa shape index (κ3) is 3.80. The predicted molar refractivity (Wildman–Crippen MR) is 90.4 cm³/mol. The van der Waals surface area contributed by atoms with Crippen LogP contribution >= 0.6 is 11.3 Å². The number of terminal acetylenes is 1. The van der Waals surface area contributed by atoms with Gasteiger partial charge in [0, 0.05) is 16.1 Å². The highest BCUT2D eigenvalue weighted by atomic mass is 32.1. The molecule has 1 saturated heterocycles. The topological polar surface area (TPSA) is 38.8 Å². The van der Waals surface area contributed by atoms with Crippen LogP contribution in [0.3, 0.4) is 0 Å². The summed E-state index contributed by atoms with van der Waals surface area (Å²) in [6.07, 6.45) is 4.91. The Balaban J connectivity index is 1.89. The second kappa shape index (κ2) is 7.42. The van der Waals surface area contributed by atoms with Gasteiger partial charge >= 0.3 is 0 Å². The molecule has 1 aliphatic rings. The summed E-state index contributed by atoms with van der Waals surface area (Å²) in [7, 11) is 0. The van der Waals surface area contributed by atoms with Crippen molar-refractivity contribution in [2.45, 2.75) is 12.6 Å². The van der Waals surface area contributed by atoms with Gasteiger partial charge in [-0.15, -0.1) is 17.8 Å². The van der Waals surface area contributed by atoms with Crippen molar-refractivity contribution < 1.29 is 14.3 Å². The lowest BCUT2D eigenvalue weighted by atomic mass is 10.1. The van der Waals surface area contributed by atoms with E-state index in [2.05, 4.69) is 5.92 Å². The summed E-state index contributed by atoms with van der Waals surface area (Å²) in [5.41, 5.74) is 1.51. The number of amides is 1. The number of carbonyl (C=O) groups excluding carboxylic acids is 1. The molecule has 0 unspecified atom stereocenters. The summed E-state index contributed by atoms with van der Waals surface area (Å²) in [5.74, 6) is 2.50. The quantitative estimate of drug-likeness (QED) is 0.811. The van der Waals surface area contributed by atoms with E-state index >= 15 is 0 Å². The Hall–Kier alpha value is -2.13. The number of ether oxygens (including phenoxy) is 2. The highest BCUT2D eigenvalue weighted by molar-refractivity contribution is 7.09. The maximum absolute atomic E-state index is 12.9. The van der Waals surface area contributed by atoms with E-state index in [-0.39, 0.29) is 12.5 Å². The van der Waals surface area contributed by atoms with Crippen LogP contribution in [0.4, 0.5) is 5.69 Å². The number of hydrogen-bond acceptors (Lipinski definition) is 4. The van der Waals surface area contributed by atoms with Crippen LogP contribution in [0.1, 0.15) is 10.4 Å². The van der Waals surface area contributed by atoms with Crippen molar-refractivity contribution >= 4 is 22.9 Å². The monoisotopic (exact) mass is 327 g/mol. The summed E-state index contributed by atoms with van der Waals surface area (Å²) < 4.78 is 10.9. The molecule has 2 aromatic rings. The van der Waals surface area contributed by atoms with Crippen molar-refractivity contribution in [1.29, 1.82) is 0 Å². The summed E-state index contributed by atoms with van der Waals surface area (Å²) >= 11 is 1.61. The van der Waals surface area contributed by atoms with E-state index in [9.17, 15) is 4.79 Å². The molecule has 1 atom stereocenters. The molecule has 0 N–H and O–H groups in total. The SMILES string of the molecule is C#Cc1cccc(N(Cc2cccs2)C(=O)[C@H]2COCCO2)c1. The van der Waals surface area contributed by atoms with Gasteiger partial charge in [0.1, 0.15) is 0 Å². The summed E-state index contributed by atoms with van der Waals surface area (Å²) in [4.78, 5) is 15.7. The molecule has 1 aromatic carbocycles. The lowest BCUT2D eigenvalue weighted by Crippen LogP contribution is -2.45. The molecular weight excluding hydrogens is 310 g/mol. The molecule has 0 aliphatic carbocycles. The predicted octanol–water partition coefficient (Wildman–Crippen LogP) is 2.68. The van der Waals surface area contributed by atoms with E-state index in [1.54, 1.807) is 16.2 Å². The van der Waals surface area contributed by atoms with Crippen LogP contribution in [0.15, 0.2) is 41.8 Å². The fraction of sp³-hybridized carbons (Fsp3) is 0.278. The number of anilines is 1. The van der Waals surface area contributed by atoms with E-state index in [0.717, 1.165) is 16.1 Å². The van der Waals surface area contributed by atoms with Crippen LogP contribution in [0.25, 0.3) is 0 Å². The van der Waals surface area contributed by atoms with E-state index in [4.69, 9.17) is 15.9 Å². The summed E-state index contributed by atoms with van der Waals surface area (Å²) in [5, 5.41) is 2.00. The summed E-state index contributed by atoms with van der Waals surface area (Å²) in [6, 6.07) is 11.4. The highest BCUT2D eigenvalue weighted by Crippen LogP contribution is 2.23. The van der Waals surface area contributed by atoms with Crippen LogP contribution < -0.4 is 4.90 Å². The number of thiophene rings is 1. The van der Waals surface area contributed by atoms with Crippen molar-refractivity contribution in [3.63, 3.8) is 0 Å². The maximum atomic E-state index is 12.9. The number of rotatable bonds is 4. The largest absolute Gasteiger partial charge is 0.376 e. The number of nitrogens with zero attached hydrogens (tertiary/aromatic N) is 1. The van der Waals surface area contributed by atoms with E-state index in [1.807, 2.05) is 41.8 Å². The van der Waals surface area contributed by atoms with Gasteiger partial charge in [-0.05, 0) is 29.6 Å². The molecule has 1 aliphatic heterocycles. The number of benzene rings is 1. The lowest BCUT2D eigenvalue weighted by molar-refractivity contribution is -0.144. The van der Waals surface area contributed by atoms with Crippen molar-refractivity contribution in [1.82, 2.24) is 0 Å². The third-order valence-corrected chi connectivity index (χ3v) is 4.44. The van der Waals surface area contributed by atoms with Crippen LogP contribution in [0.2, 0.25) is 0 Å². The molecule has 3 rings (SSSR count). The Bertz CT molecular complexity index is 699. The first-order chi connectivity index (χ1) is 11.3. The fourth-order valence-corrected chi connectivity index (χ4v) is 3.12. The van der Waals surface area contributed by atoms with E-state index in [1.165, 1.54) is 0 Å². The van der Waals surface area contributed by atoms with Gasteiger partial charge in [0.15, 0.2) is 6.10 Å². The first-order valence-corrected chi connectivity index (χ1v) is 8.25. The molecule has 5 heteroatoms. The molecule has 0 spiro atoms. The van der Waals surface area contributed by atoms with Gasteiger partial charge in [-0.2, -0.15) is 0 Å². The molecule has 4 nitrogen and oxygen atoms in total. The molecule has 2 heterocycles. The van der Waals surface area contributed by atoms with Crippen molar-refractivity contribution in [3.8, 4) is 12.3 Å². The van der Waals surface area contributed by atoms with Crippen LogP contribution in [0, 0.1) is 12.3 Å². The highest BCUT2D eigenvalue weighted by Gasteiger charge is 2.29. The van der Waals surface area contributed by atoms with Crippen molar-refractivity contribution in [2.75, 3.05) is 24.7 Å². The van der Waals surface area contributed by atoms with Gasteiger partial charge < -0.3 is 14.4 Å². The van der Waals surface area contributed by atoms with Gasteiger partial charge in [-0.25, -0.2) is 0 Å². The Morgan fingerprint density at radius 1 is 1.35 bits per heavy atom. The minimum atomic E-state index is -0.571. The van der Waals surface area contributed by atoms with Crippen molar-refractivity contribution in [3.05, 3.63) is 52.2 Å². The van der Waals surface area contributed by atoms with Gasteiger partial charge in [0.2, 0.25) is 0 Å². The van der Waals surface area contributed by atoms with E-state index < -0.39 is 6.10 Å². The number of hydrogen-bond donors (Lipinski definition) is 0. The van der Waals surface area contributed by atoms with Crippen molar-refractivity contribution in [2.24, 2.45) is 0 Å². The smallest absolute Gasteiger partial charge is 0.258 e. The van der Waals surface area contributed by atoms with Crippen LogP contribution in [-0.2, 0) is 20.8 Å². The molecule has 0 saturated carbocycles. The van der Waals surface area contributed by atoms with Crippen LogP contribution in [-0.4, -0.2) is 31.8 Å². The normalized spacial score (nSPS) is 17.4. The zero-order chi connectivity index (χ0) is 16.1. The van der Waals surface area contributed by atoms with Crippen LogP contribution in [0.5, 0.6) is 0 Å². The van der Waals surface area contributed by atoms with Gasteiger partial charge in [0.05, 0.1) is 26.4 Å². The van der Waals surface area contributed by atoms with Gasteiger partial charge in [0.25, 0.3) is 5.91 Å². The average Bonchev–Trinajstić information content (AvgIpc) is 3.13. The minimum absolute atomic E-state index is 0.104. The van der Waals surface area contributed by atoms with Gasteiger partial charge in [-0.1, -0.05) is 18.1 Å². The second-order valence-corrected chi connectivity index (χ2v) is 6.17. The lowest BCUT2D eigenvalue weighted by Gasteiger charge is -2.29. The van der Waals surface area contributed by atoms with Gasteiger partial charge in [-0.3, -0.25) is 4.79 Å². The zero-order valence-corrected chi connectivity index (χ0v) is 13.4. The molecule has 23 heavy (non-hydrogen) atoms. The molecule has 1 aromatic heterocycles. The molecule has 0 bridgehead atoms. The average molecular weight is 327 g/mol.